The molecule has 0 radical (unpaired) electrons. The van der Waals surface area contributed by atoms with E-state index in [1.54, 1.807) is 18.9 Å². The Morgan fingerprint density at radius 3 is 2.46 bits per heavy atom. The number of carbonyl (C=O) groups excluding carboxylic acids is 1. The van der Waals surface area contributed by atoms with E-state index in [1.165, 1.54) is 0 Å². The van der Waals surface area contributed by atoms with Crippen molar-refractivity contribution >= 4 is 17.5 Å². The second kappa shape index (κ2) is 6.89. The summed E-state index contributed by atoms with van der Waals surface area (Å²) >= 11 is 5.90. The first-order chi connectivity index (χ1) is 11.6. The van der Waals surface area contributed by atoms with Crippen LogP contribution in [0.1, 0.15) is 21.7 Å². The third-order valence-corrected chi connectivity index (χ3v) is 4.06. The minimum absolute atomic E-state index is 0.123. The number of amides is 1. The van der Waals surface area contributed by atoms with E-state index in [0.717, 1.165) is 11.1 Å². The van der Waals surface area contributed by atoms with Gasteiger partial charge in [0.05, 0.1) is 0 Å². The summed E-state index contributed by atoms with van der Waals surface area (Å²) < 4.78 is 5.27. The first-order valence-electron chi connectivity index (χ1n) is 7.58. The van der Waals surface area contributed by atoms with Gasteiger partial charge in [0.25, 0.3) is 5.91 Å². The molecule has 0 aliphatic heterocycles. The highest BCUT2D eigenvalue weighted by Crippen LogP contribution is 2.26. The van der Waals surface area contributed by atoms with Crippen molar-refractivity contribution in [1.82, 2.24) is 10.1 Å². The van der Waals surface area contributed by atoms with Gasteiger partial charge in [-0.15, -0.1) is 0 Å². The molecule has 0 saturated carbocycles. The molecule has 3 aromatic rings. The Kier molecular flexibility index (Phi) is 4.67. The van der Waals surface area contributed by atoms with Gasteiger partial charge in [0.1, 0.15) is 17.0 Å². The number of rotatable bonds is 4. The Hall–Kier alpha value is -2.59. The van der Waals surface area contributed by atoms with Crippen molar-refractivity contribution in [2.24, 2.45) is 0 Å². The summed E-state index contributed by atoms with van der Waals surface area (Å²) in [5.74, 6) is 0.393. The van der Waals surface area contributed by atoms with Gasteiger partial charge in [-0.3, -0.25) is 4.79 Å². The Morgan fingerprint density at radius 2 is 1.79 bits per heavy atom. The SMILES string of the molecule is Cc1onc(-c2ccccc2)c1C(=O)N(C)Cc1ccc(Cl)cc1. The largest absolute Gasteiger partial charge is 0.360 e. The molecule has 0 aliphatic rings. The number of nitrogens with zero attached hydrogens (tertiary/aromatic N) is 2. The molecule has 3 rings (SSSR count). The predicted molar refractivity (Wildman–Crippen MR) is 93.9 cm³/mol. The van der Waals surface area contributed by atoms with E-state index in [9.17, 15) is 4.79 Å². The van der Waals surface area contributed by atoms with Crippen molar-refractivity contribution in [3.8, 4) is 11.3 Å². The van der Waals surface area contributed by atoms with Gasteiger partial charge >= 0.3 is 0 Å². The van der Waals surface area contributed by atoms with Gasteiger partial charge in [0, 0.05) is 24.2 Å². The van der Waals surface area contributed by atoms with Gasteiger partial charge in [-0.1, -0.05) is 59.2 Å². The maximum Gasteiger partial charge on any atom is 0.259 e. The smallest absolute Gasteiger partial charge is 0.259 e. The third-order valence-electron chi connectivity index (χ3n) is 3.80. The summed E-state index contributed by atoms with van der Waals surface area (Å²) in [6.45, 7) is 2.23. The monoisotopic (exact) mass is 340 g/mol. The second-order valence-electron chi connectivity index (χ2n) is 5.62. The first-order valence-corrected chi connectivity index (χ1v) is 7.95. The van der Waals surface area contributed by atoms with Gasteiger partial charge < -0.3 is 9.42 Å². The van der Waals surface area contributed by atoms with Gasteiger partial charge in [-0.05, 0) is 24.6 Å². The van der Waals surface area contributed by atoms with Crippen molar-refractivity contribution < 1.29 is 9.32 Å². The molecule has 1 aromatic heterocycles. The highest BCUT2D eigenvalue weighted by molar-refractivity contribution is 6.30. The number of aryl methyl sites for hydroxylation is 1. The molecule has 1 heterocycles. The quantitative estimate of drug-likeness (QED) is 0.698. The van der Waals surface area contributed by atoms with Crippen LogP contribution in [0, 0.1) is 6.92 Å². The van der Waals surface area contributed by atoms with Crippen LogP contribution in [0.15, 0.2) is 59.1 Å². The van der Waals surface area contributed by atoms with Crippen molar-refractivity contribution in [2.75, 3.05) is 7.05 Å². The van der Waals surface area contributed by atoms with Gasteiger partial charge in [-0.2, -0.15) is 0 Å². The molecule has 0 aliphatic carbocycles. The zero-order valence-corrected chi connectivity index (χ0v) is 14.2. The minimum Gasteiger partial charge on any atom is -0.360 e. The second-order valence-corrected chi connectivity index (χ2v) is 6.05. The average molecular weight is 341 g/mol. The molecule has 4 nitrogen and oxygen atoms in total. The zero-order valence-electron chi connectivity index (χ0n) is 13.5. The van der Waals surface area contributed by atoms with E-state index in [-0.39, 0.29) is 5.91 Å². The van der Waals surface area contributed by atoms with Crippen LogP contribution in [-0.2, 0) is 6.54 Å². The van der Waals surface area contributed by atoms with Gasteiger partial charge in [0.2, 0.25) is 0 Å². The van der Waals surface area contributed by atoms with Crippen LogP contribution in [0.4, 0.5) is 0 Å². The van der Waals surface area contributed by atoms with Crippen LogP contribution in [-0.4, -0.2) is 23.0 Å². The number of hydrogen-bond acceptors (Lipinski definition) is 3. The summed E-state index contributed by atoms with van der Waals surface area (Å²) in [4.78, 5) is 14.5. The number of benzene rings is 2. The summed E-state index contributed by atoms with van der Waals surface area (Å²) in [5.41, 5.74) is 2.93. The fourth-order valence-electron chi connectivity index (χ4n) is 2.54. The lowest BCUT2D eigenvalue weighted by molar-refractivity contribution is 0.0784. The van der Waals surface area contributed by atoms with E-state index in [2.05, 4.69) is 5.16 Å². The molecule has 0 atom stereocenters. The van der Waals surface area contributed by atoms with Crippen LogP contribution < -0.4 is 0 Å². The summed E-state index contributed by atoms with van der Waals surface area (Å²) in [6.07, 6.45) is 0. The number of carbonyl (C=O) groups is 1. The third kappa shape index (κ3) is 3.34. The van der Waals surface area contributed by atoms with E-state index in [0.29, 0.717) is 28.6 Å². The highest BCUT2D eigenvalue weighted by atomic mass is 35.5. The molecule has 0 bridgehead atoms. The number of halogens is 1. The topological polar surface area (TPSA) is 46.3 Å². The highest BCUT2D eigenvalue weighted by Gasteiger charge is 2.24. The Balaban J connectivity index is 1.87. The minimum atomic E-state index is -0.123. The number of hydrogen-bond donors (Lipinski definition) is 0. The average Bonchev–Trinajstić information content (AvgIpc) is 2.98. The number of aromatic nitrogens is 1. The lowest BCUT2D eigenvalue weighted by Gasteiger charge is -2.17. The first kappa shape index (κ1) is 16.3. The molecule has 24 heavy (non-hydrogen) atoms. The van der Waals surface area contributed by atoms with Crippen molar-refractivity contribution in [3.05, 3.63) is 76.5 Å². The van der Waals surface area contributed by atoms with Crippen LogP contribution in [0.3, 0.4) is 0 Å². The lowest BCUT2D eigenvalue weighted by Crippen LogP contribution is -2.26. The lowest BCUT2D eigenvalue weighted by atomic mass is 10.1. The van der Waals surface area contributed by atoms with E-state index in [4.69, 9.17) is 16.1 Å². The Morgan fingerprint density at radius 1 is 1.12 bits per heavy atom. The summed E-state index contributed by atoms with van der Waals surface area (Å²) in [5, 5.41) is 4.74. The van der Waals surface area contributed by atoms with Crippen molar-refractivity contribution in [3.63, 3.8) is 0 Å². The molecule has 0 fully saturated rings. The Bertz CT molecular complexity index is 842. The molecule has 1 amide bonds. The maximum atomic E-state index is 12.9. The zero-order chi connectivity index (χ0) is 17.1. The fraction of sp³-hybridized carbons (Fsp3) is 0.158. The molecule has 0 N–H and O–H groups in total. The van der Waals surface area contributed by atoms with Crippen LogP contribution in [0.2, 0.25) is 5.02 Å². The molecule has 2 aromatic carbocycles. The Labute approximate surface area is 145 Å². The maximum absolute atomic E-state index is 12.9. The molecule has 0 saturated heterocycles. The standard InChI is InChI=1S/C19H17ClN2O2/c1-13-17(18(21-24-13)15-6-4-3-5-7-15)19(23)22(2)12-14-8-10-16(20)11-9-14/h3-11H,12H2,1-2H3. The predicted octanol–water partition coefficient (Wildman–Crippen LogP) is 4.58. The molecule has 122 valence electrons. The van der Waals surface area contributed by atoms with E-state index >= 15 is 0 Å². The van der Waals surface area contributed by atoms with E-state index in [1.807, 2.05) is 54.6 Å². The van der Waals surface area contributed by atoms with E-state index < -0.39 is 0 Å². The fourth-order valence-corrected chi connectivity index (χ4v) is 2.67. The van der Waals surface area contributed by atoms with Crippen LogP contribution in [0.25, 0.3) is 11.3 Å². The van der Waals surface area contributed by atoms with Gasteiger partial charge in [0.15, 0.2) is 0 Å². The molecule has 0 unspecified atom stereocenters. The van der Waals surface area contributed by atoms with Gasteiger partial charge in [-0.25, -0.2) is 0 Å². The molecule has 5 heteroatoms. The molecule has 0 spiro atoms. The normalized spacial score (nSPS) is 10.6. The van der Waals surface area contributed by atoms with Crippen molar-refractivity contribution in [2.45, 2.75) is 13.5 Å². The summed E-state index contributed by atoms with van der Waals surface area (Å²) in [7, 11) is 1.76. The summed E-state index contributed by atoms with van der Waals surface area (Å²) in [6, 6.07) is 17.0. The van der Waals surface area contributed by atoms with Crippen LogP contribution >= 0.6 is 11.6 Å². The molecular weight excluding hydrogens is 324 g/mol. The molecular formula is C19H17ClN2O2. The van der Waals surface area contributed by atoms with Crippen molar-refractivity contribution in [1.29, 1.82) is 0 Å². The van der Waals surface area contributed by atoms with Crippen LogP contribution in [0.5, 0.6) is 0 Å².